The average molecular weight is 361 g/mol. The fourth-order valence-corrected chi connectivity index (χ4v) is 2.87. The van der Waals surface area contributed by atoms with Crippen molar-refractivity contribution in [3.8, 4) is 5.75 Å². The van der Waals surface area contributed by atoms with Gasteiger partial charge in [-0.25, -0.2) is 13.6 Å². The van der Waals surface area contributed by atoms with Crippen LogP contribution in [0.3, 0.4) is 0 Å². The molecule has 0 radical (unpaired) electrons. The molecule has 1 N–H and O–H groups in total. The molecule has 138 valence electrons. The van der Waals surface area contributed by atoms with Crippen LogP contribution in [0, 0.1) is 11.6 Å². The molecular formula is C19H21F2N3O2. The molecule has 5 nitrogen and oxygen atoms in total. The van der Waals surface area contributed by atoms with Gasteiger partial charge in [-0.1, -0.05) is 12.1 Å². The Morgan fingerprint density at radius 3 is 2.35 bits per heavy atom. The number of benzene rings is 2. The summed E-state index contributed by atoms with van der Waals surface area (Å²) < 4.78 is 31.3. The molecule has 0 spiro atoms. The van der Waals surface area contributed by atoms with Gasteiger partial charge in [0.1, 0.15) is 5.75 Å². The number of amides is 2. The van der Waals surface area contributed by atoms with Crippen LogP contribution in [0.1, 0.15) is 5.56 Å². The van der Waals surface area contributed by atoms with E-state index in [1.54, 1.807) is 12.0 Å². The monoisotopic (exact) mass is 361 g/mol. The van der Waals surface area contributed by atoms with E-state index in [2.05, 4.69) is 10.2 Å². The summed E-state index contributed by atoms with van der Waals surface area (Å²) in [5, 5.41) is 2.60. The maximum atomic E-state index is 13.2. The Kier molecular flexibility index (Phi) is 5.68. The minimum Gasteiger partial charge on any atom is -0.497 e. The lowest BCUT2D eigenvalue weighted by Gasteiger charge is -2.34. The summed E-state index contributed by atoms with van der Waals surface area (Å²) in [6.45, 7) is 3.45. The summed E-state index contributed by atoms with van der Waals surface area (Å²) in [7, 11) is 1.64. The number of ether oxygens (including phenoxy) is 1. The molecule has 1 aliphatic heterocycles. The van der Waals surface area contributed by atoms with Crippen LogP contribution in [0.2, 0.25) is 0 Å². The largest absolute Gasteiger partial charge is 0.497 e. The van der Waals surface area contributed by atoms with Crippen molar-refractivity contribution in [2.75, 3.05) is 38.6 Å². The van der Waals surface area contributed by atoms with E-state index >= 15 is 0 Å². The first-order chi connectivity index (χ1) is 12.5. The Morgan fingerprint density at radius 2 is 1.73 bits per heavy atom. The van der Waals surface area contributed by atoms with Crippen molar-refractivity contribution in [3.63, 3.8) is 0 Å². The van der Waals surface area contributed by atoms with Crippen molar-refractivity contribution in [2.45, 2.75) is 6.54 Å². The number of nitrogens with zero attached hydrogens (tertiary/aromatic N) is 2. The van der Waals surface area contributed by atoms with Crippen molar-refractivity contribution in [1.29, 1.82) is 0 Å². The number of piperazine rings is 1. The molecule has 2 aromatic rings. The Morgan fingerprint density at radius 1 is 1.04 bits per heavy atom. The summed E-state index contributed by atoms with van der Waals surface area (Å²) in [6, 6.07) is 10.9. The molecule has 1 heterocycles. The van der Waals surface area contributed by atoms with Crippen molar-refractivity contribution in [3.05, 3.63) is 59.7 Å². The van der Waals surface area contributed by atoms with E-state index in [1.807, 2.05) is 24.3 Å². The average Bonchev–Trinajstić information content (AvgIpc) is 2.66. The van der Waals surface area contributed by atoms with Crippen molar-refractivity contribution in [2.24, 2.45) is 0 Å². The summed E-state index contributed by atoms with van der Waals surface area (Å²) in [6.07, 6.45) is 0. The third-order valence-electron chi connectivity index (χ3n) is 4.40. The zero-order valence-electron chi connectivity index (χ0n) is 14.5. The minimum atomic E-state index is -0.980. The first-order valence-corrected chi connectivity index (χ1v) is 8.41. The topological polar surface area (TPSA) is 44.8 Å². The highest BCUT2D eigenvalue weighted by Gasteiger charge is 2.21. The molecule has 3 rings (SSSR count). The van der Waals surface area contributed by atoms with Crippen LogP contribution in [0.5, 0.6) is 5.75 Å². The number of urea groups is 1. The van der Waals surface area contributed by atoms with Crippen LogP contribution in [0.15, 0.2) is 42.5 Å². The summed E-state index contributed by atoms with van der Waals surface area (Å²) in [5.41, 5.74) is 1.43. The van der Waals surface area contributed by atoms with Gasteiger partial charge in [-0.15, -0.1) is 0 Å². The normalized spacial score (nSPS) is 15.0. The molecule has 0 aliphatic carbocycles. The first kappa shape index (κ1) is 18.1. The Bertz CT molecular complexity index is 760. The number of nitrogens with one attached hydrogen (secondary N) is 1. The van der Waals surface area contributed by atoms with Gasteiger partial charge in [0.2, 0.25) is 0 Å². The van der Waals surface area contributed by atoms with E-state index in [4.69, 9.17) is 4.74 Å². The number of carbonyl (C=O) groups is 1. The van der Waals surface area contributed by atoms with Gasteiger partial charge in [-0.05, 0) is 29.8 Å². The van der Waals surface area contributed by atoms with E-state index in [9.17, 15) is 13.6 Å². The third kappa shape index (κ3) is 4.49. The molecule has 26 heavy (non-hydrogen) atoms. The number of carbonyl (C=O) groups excluding carboxylic acids is 1. The summed E-state index contributed by atoms with van der Waals surface area (Å²) in [5.74, 6) is -1.09. The molecule has 1 aliphatic rings. The Hall–Kier alpha value is -2.67. The maximum absolute atomic E-state index is 13.2. The van der Waals surface area contributed by atoms with Gasteiger partial charge >= 0.3 is 6.03 Å². The van der Waals surface area contributed by atoms with Crippen LogP contribution in [0.4, 0.5) is 19.3 Å². The molecule has 0 unspecified atom stereocenters. The highest BCUT2D eigenvalue weighted by molar-refractivity contribution is 5.89. The zero-order valence-corrected chi connectivity index (χ0v) is 14.5. The number of hydrogen-bond acceptors (Lipinski definition) is 3. The molecule has 2 amide bonds. The standard InChI is InChI=1S/C19H21F2N3O2/c1-26-16-5-2-14(3-6-16)13-23-8-10-24(11-9-23)19(25)22-15-4-7-17(20)18(21)12-15/h2-7,12H,8-11,13H2,1H3,(H,22,25). The Labute approximate surface area is 151 Å². The number of rotatable bonds is 4. The maximum Gasteiger partial charge on any atom is 0.321 e. The van der Waals surface area contributed by atoms with Crippen LogP contribution < -0.4 is 10.1 Å². The van der Waals surface area contributed by atoms with E-state index in [1.165, 1.54) is 11.6 Å². The highest BCUT2D eigenvalue weighted by Crippen LogP contribution is 2.16. The SMILES string of the molecule is COc1ccc(CN2CCN(C(=O)Nc3ccc(F)c(F)c3)CC2)cc1. The van der Waals surface area contributed by atoms with Gasteiger partial charge in [0.25, 0.3) is 0 Å². The predicted octanol–water partition coefficient (Wildman–Crippen LogP) is 3.32. The number of methoxy groups -OCH3 is 1. The molecule has 0 bridgehead atoms. The van der Waals surface area contributed by atoms with Gasteiger partial charge in [0.05, 0.1) is 7.11 Å². The van der Waals surface area contributed by atoms with Crippen molar-refractivity contribution >= 4 is 11.7 Å². The first-order valence-electron chi connectivity index (χ1n) is 8.41. The quantitative estimate of drug-likeness (QED) is 0.909. The van der Waals surface area contributed by atoms with E-state index in [-0.39, 0.29) is 11.7 Å². The van der Waals surface area contributed by atoms with Crippen molar-refractivity contribution < 1.29 is 18.3 Å². The van der Waals surface area contributed by atoms with E-state index in [0.29, 0.717) is 13.1 Å². The smallest absolute Gasteiger partial charge is 0.321 e. The van der Waals surface area contributed by atoms with Gasteiger partial charge in [0.15, 0.2) is 11.6 Å². The molecule has 2 aromatic carbocycles. The zero-order chi connectivity index (χ0) is 18.5. The summed E-state index contributed by atoms with van der Waals surface area (Å²) in [4.78, 5) is 16.2. The fraction of sp³-hybridized carbons (Fsp3) is 0.316. The number of hydrogen-bond donors (Lipinski definition) is 1. The van der Waals surface area contributed by atoms with Crippen LogP contribution >= 0.6 is 0 Å². The summed E-state index contributed by atoms with van der Waals surface area (Å²) >= 11 is 0. The third-order valence-corrected chi connectivity index (χ3v) is 4.40. The lowest BCUT2D eigenvalue weighted by Crippen LogP contribution is -2.49. The molecule has 0 saturated carbocycles. The number of halogens is 2. The number of anilines is 1. The van der Waals surface area contributed by atoms with Crippen LogP contribution in [0.25, 0.3) is 0 Å². The second-order valence-corrected chi connectivity index (χ2v) is 6.17. The lowest BCUT2D eigenvalue weighted by atomic mass is 10.2. The minimum absolute atomic E-state index is 0.245. The van der Waals surface area contributed by atoms with Crippen molar-refractivity contribution in [1.82, 2.24) is 9.80 Å². The van der Waals surface area contributed by atoms with Gasteiger partial charge in [0, 0.05) is 44.5 Å². The molecule has 0 aromatic heterocycles. The molecule has 0 atom stereocenters. The lowest BCUT2D eigenvalue weighted by molar-refractivity contribution is 0.143. The van der Waals surface area contributed by atoms with Crippen LogP contribution in [-0.2, 0) is 6.54 Å². The Balaban J connectivity index is 1.49. The van der Waals surface area contributed by atoms with Gasteiger partial charge in [-0.3, -0.25) is 4.90 Å². The van der Waals surface area contributed by atoms with Crippen LogP contribution in [-0.4, -0.2) is 49.1 Å². The molecule has 1 fully saturated rings. The molecule has 7 heteroatoms. The predicted molar refractivity (Wildman–Crippen MR) is 95.2 cm³/mol. The highest BCUT2D eigenvalue weighted by atomic mass is 19.2. The molecular weight excluding hydrogens is 340 g/mol. The fourth-order valence-electron chi connectivity index (χ4n) is 2.87. The second kappa shape index (κ2) is 8.14. The molecule has 1 saturated heterocycles. The van der Waals surface area contributed by atoms with Gasteiger partial charge in [-0.2, -0.15) is 0 Å². The van der Waals surface area contributed by atoms with E-state index in [0.717, 1.165) is 37.5 Å². The second-order valence-electron chi connectivity index (χ2n) is 6.17. The van der Waals surface area contributed by atoms with E-state index < -0.39 is 11.6 Å². The van der Waals surface area contributed by atoms with Gasteiger partial charge < -0.3 is 15.0 Å².